The second kappa shape index (κ2) is 5.83. The summed E-state index contributed by atoms with van der Waals surface area (Å²) in [5, 5.41) is 5.72. The molecule has 4 aliphatic carbocycles. The van der Waals surface area contributed by atoms with Gasteiger partial charge in [-0.25, -0.2) is 0 Å². The van der Waals surface area contributed by atoms with Crippen molar-refractivity contribution >= 4 is 11.8 Å². The van der Waals surface area contributed by atoms with Crippen molar-refractivity contribution in [2.75, 3.05) is 13.2 Å². The molecule has 5 rings (SSSR count). The minimum atomic E-state index is -0.522. The molecular formula is C20H30N2O3. The lowest BCUT2D eigenvalue weighted by Crippen LogP contribution is -2.59. The number of carbonyl (C=O) groups excluding carboxylic acids is 2. The highest BCUT2D eigenvalue weighted by atomic mass is 16.5. The molecule has 0 aromatic rings. The van der Waals surface area contributed by atoms with Crippen molar-refractivity contribution in [1.29, 1.82) is 0 Å². The molecule has 5 aliphatic rings. The van der Waals surface area contributed by atoms with Gasteiger partial charge in [-0.05, 0) is 55.8 Å². The first-order valence-corrected chi connectivity index (χ1v) is 9.75. The van der Waals surface area contributed by atoms with Crippen molar-refractivity contribution in [3.05, 3.63) is 12.2 Å². The molecule has 0 aromatic carbocycles. The highest BCUT2D eigenvalue weighted by molar-refractivity contribution is 6.35. The molecule has 5 fully saturated rings. The molecule has 3 unspecified atom stereocenters. The monoisotopic (exact) mass is 346 g/mol. The molecule has 0 radical (unpaired) electrons. The van der Waals surface area contributed by atoms with E-state index in [4.69, 9.17) is 4.74 Å². The summed E-state index contributed by atoms with van der Waals surface area (Å²) < 4.78 is 5.89. The average molecular weight is 346 g/mol. The van der Waals surface area contributed by atoms with Crippen LogP contribution in [0.25, 0.3) is 0 Å². The molecule has 25 heavy (non-hydrogen) atoms. The van der Waals surface area contributed by atoms with Crippen molar-refractivity contribution in [1.82, 2.24) is 10.6 Å². The Morgan fingerprint density at radius 2 is 2.04 bits per heavy atom. The summed E-state index contributed by atoms with van der Waals surface area (Å²) in [5.41, 5.74) is 1.36. The predicted octanol–water partition coefficient (Wildman–Crippen LogP) is 2.17. The lowest BCUT2D eigenvalue weighted by molar-refractivity contribution is -0.142. The standard InChI is InChI=1S/C20H30N2O3/c1-12-15-9-14(19(15,2)3)10-16(12)22-18(24)17(23)21-11-13-5-7-20(13)6-4-8-25-20/h13-16H,1,4-11H2,2-3H3,(H,21,23)(H,22,24)/t13?,14-,15+,16?,20?/m1/s1. The Kier molecular flexibility index (Phi) is 3.98. The molecule has 1 aliphatic heterocycles. The number of carbonyl (C=O) groups is 2. The number of nitrogens with one attached hydrogen (secondary N) is 2. The number of fused-ring (bicyclic) bond motifs is 2. The minimum absolute atomic E-state index is 0.0196. The van der Waals surface area contributed by atoms with E-state index in [0.717, 1.165) is 44.3 Å². The van der Waals surface area contributed by atoms with Gasteiger partial charge in [0.15, 0.2) is 0 Å². The van der Waals surface area contributed by atoms with E-state index in [-0.39, 0.29) is 11.6 Å². The molecule has 2 bridgehead atoms. The van der Waals surface area contributed by atoms with Crippen LogP contribution in [0.4, 0.5) is 0 Å². The van der Waals surface area contributed by atoms with Crippen LogP contribution in [0.1, 0.15) is 52.4 Å². The summed E-state index contributed by atoms with van der Waals surface area (Å²) in [5.74, 6) is 0.391. The molecule has 2 N–H and O–H groups in total. The van der Waals surface area contributed by atoms with Gasteiger partial charge in [0.1, 0.15) is 0 Å². The summed E-state index contributed by atoms with van der Waals surface area (Å²) in [6.07, 6.45) is 6.42. The van der Waals surface area contributed by atoms with Crippen LogP contribution in [-0.2, 0) is 14.3 Å². The summed E-state index contributed by atoms with van der Waals surface area (Å²) in [4.78, 5) is 24.5. The molecular weight excluding hydrogens is 316 g/mol. The third kappa shape index (κ3) is 2.62. The van der Waals surface area contributed by atoms with E-state index in [1.807, 2.05) is 0 Å². The van der Waals surface area contributed by atoms with Crippen LogP contribution >= 0.6 is 0 Å². The first-order chi connectivity index (χ1) is 11.8. The van der Waals surface area contributed by atoms with Gasteiger partial charge in [0.2, 0.25) is 0 Å². The Morgan fingerprint density at radius 3 is 2.60 bits per heavy atom. The van der Waals surface area contributed by atoms with Crippen LogP contribution < -0.4 is 10.6 Å². The smallest absolute Gasteiger partial charge is 0.309 e. The fourth-order valence-corrected chi connectivity index (χ4v) is 5.59. The summed E-state index contributed by atoms with van der Waals surface area (Å²) in [6, 6.07) is -0.0526. The van der Waals surface area contributed by atoms with Gasteiger partial charge in [0, 0.05) is 19.1 Å². The van der Waals surface area contributed by atoms with Gasteiger partial charge in [0.05, 0.1) is 11.6 Å². The summed E-state index contributed by atoms with van der Waals surface area (Å²) in [6.45, 7) is 10.1. The van der Waals surface area contributed by atoms with Crippen LogP contribution in [-0.4, -0.2) is 36.6 Å². The van der Waals surface area contributed by atoms with E-state index in [9.17, 15) is 9.59 Å². The van der Waals surface area contributed by atoms with Gasteiger partial charge in [0.25, 0.3) is 0 Å². The molecule has 1 saturated heterocycles. The van der Waals surface area contributed by atoms with Crippen molar-refractivity contribution < 1.29 is 14.3 Å². The Labute approximate surface area is 149 Å². The fraction of sp³-hybridized carbons (Fsp3) is 0.800. The van der Waals surface area contributed by atoms with E-state index in [2.05, 4.69) is 31.1 Å². The van der Waals surface area contributed by atoms with E-state index in [0.29, 0.717) is 29.7 Å². The Morgan fingerprint density at radius 1 is 1.24 bits per heavy atom. The van der Waals surface area contributed by atoms with E-state index in [1.165, 1.54) is 6.42 Å². The molecule has 5 nitrogen and oxygen atoms in total. The number of hydrogen-bond acceptors (Lipinski definition) is 3. The molecule has 0 aromatic heterocycles. The molecule has 138 valence electrons. The van der Waals surface area contributed by atoms with Gasteiger partial charge in [-0.2, -0.15) is 0 Å². The zero-order valence-electron chi connectivity index (χ0n) is 15.4. The zero-order chi connectivity index (χ0) is 17.8. The zero-order valence-corrected chi connectivity index (χ0v) is 15.4. The van der Waals surface area contributed by atoms with Gasteiger partial charge < -0.3 is 15.4 Å². The van der Waals surface area contributed by atoms with E-state index >= 15 is 0 Å². The number of rotatable bonds is 3. The lowest BCUT2D eigenvalue weighted by atomic mass is 9.46. The van der Waals surface area contributed by atoms with Crippen LogP contribution in [0.15, 0.2) is 12.2 Å². The normalized spacial score (nSPS) is 41.0. The maximum absolute atomic E-state index is 12.3. The first-order valence-electron chi connectivity index (χ1n) is 9.75. The van der Waals surface area contributed by atoms with Gasteiger partial charge in [-0.1, -0.05) is 26.0 Å². The second-order valence-corrected chi connectivity index (χ2v) is 9.11. The van der Waals surface area contributed by atoms with Crippen molar-refractivity contribution in [2.24, 2.45) is 23.2 Å². The first kappa shape index (κ1) is 17.1. The second-order valence-electron chi connectivity index (χ2n) is 9.11. The molecule has 4 saturated carbocycles. The van der Waals surface area contributed by atoms with Gasteiger partial charge in [-0.3, -0.25) is 9.59 Å². The highest BCUT2D eigenvalue weighted by Crippen LogP contribution is 2.60. The summed E-state index contributed by atoms with van der Waals surface area (Å²) in [7, 11) is 0. The van der Waals surface area contributed by atoms with Crippen molar-refractivity contribution in [3.63, 3.8) is 0 Å². The highest BCUT2D eigenvalue weighted by Gasteiger charge is 2.55. The topological polar surface area (TPSA) is 67.4 Å². The van der Waals surface area contributed by atoms with Crippen LogP contribution in [0.5, 0.6) is 0 Å². The third-order valence-corrected chi connectivity index (χ3v) is 7.70. The number of amides is 2. The number of ether oxygens (including phenoxy) is 1. The molecule has 5 heteroatoms. The van der Waals surface area contributed by atoms with Crippen LogP contribution in [0, 0.1) is 23.2 Å². The molecule has 2 amide bonds. The summed E-state index contributed by atoms with van der Waals surface area (Å²) >= 11 is 0. The lowest BCUT2D eigenvalue weighted by Gasteiger charge is -2.59. The van der Waals surface area contributed by atoms with Crippen molar-refractivity contribution in [2.45, 2.75) is 64.0 Å². The quantitative estimate of drug-likeness (QED) is 0.608. The Balaban J connectivity index is 1.26. The largest absolute Gasteiger partial charge is 0.375 e. The third-order valence-electron chi connectivity index (χ3n) is 7.70. The Bertz CT molecular complexity index is 606. The SMILES string of the molecule is C=C1C(NC(=O)C(=O)NCC2CCC23CCCO3)C[C@H]2C[C@@H]1C2(C)C. The van der Waals surface area contributed by atoms with Crippen LogP contribution in [0.2, 0.25) is 0 Å². The maximum Gasteiger partial charge on any atom is 0.309 e. The minimum Gasteiger partial charge on any atom is -0.375 e. The average Bonchev–Trinajstić information content (AvgIpc) is 3.07. The molecule has 5 atom stereocenters. The van der Waals surface area contributed by atoms with Crippen LogP contribution in [0.3, 0.4) is 0 Å². The van der Waals surface area contributed by atoms with E-state index in [1.54, 1.807) is 0 Å². The fourth-order valence-electron chi connectivity index (χ4n) is 5.59. The van der Waals surface area contributed by atoms with E-state index < -0.39 is 11.8 Å². The maximum atomic E-state index is 12.3. The Hall–Kier alpha value is -1.36. The number of hydrogen-bond donors (Lipinski definition) is 2. The molecule has 1 heterocycles. The van der Waals surface area contributed by atoms with Gasteiger partial charge in [-0.15, -0.1) is 0 Å². The molecule has 1 spiro atoms. The van der Waals surface area contributed by atoms with Gasteiger partial charge >= 0.3 is 11.8 Å². The predicted molar refractivity (Wildman–Crippen MR) is 94.7 cm³/mol. The van der Waals surface area contributed by atoms with Crippen molar-refractivity contribution in [3.8, 4) is 0 Å².